The summed E-state index contributed by atoms with van der Waals surface area (Å²) < 4.78 is 38.8. The zero-order valence-electron chi connectivity index (χ0n) is 9.55. The number of carbonyl (C=O) groups is 1. The number of thiophene rings is 1. The molecule has 0 aliphatic carbocycles. The Morgan fingerprint density at radius 3 is 2.67 bits per heavy atom. The van der Waals surface area contributed by atoms with Crippen molar-refractivity contribution in [1.82, 2.24) is 10.3 Å². The van der Waals surface area contributed by atoms with Gasteiger partial charge in [0.1, 0.15) is 0 Å². The molecular formula is C11H9F3N2OS. The molecule has 18 heavy (non-hydrogen) atoms. The maximum atomic E-state index is 12.9. The molecular weight excluding hydrogens is 265 g/mol. The first-order chi connectivity index (χ1) is 8.36. The molecule has 0 aliphatic heterocycles. The third-order valence-corrected chi connectivity index (χ3v) is 3.52. The van der Waals surface area contributed by atoms with Crippen LogP contribution in [0.3, 0.4) is 0 Å². The van der Waals surface area contributed by atoms with Gasteiger partial charge in [0.05, 0.1) is 21.3 Å². The zero-order valence-corrected chi connectivity index (χ0v) is 10.4. The Labute approximate surface area is 105 Å². The molecule has 0 saturated carbocycles. The van der Waals surface area contributed by atoms with Gasteiger partial charge in [0.25, 0.3) is 5.91 Å². The van der Waals surface area contributed by atoms with Gasteiger partial charge in [-0.25, -0.2) is 0 Å². The number of hydrogen-bond donors (Lipinski definition) is 1. The normalized spacial score (nSPS) is 11.8. The highest BCUT2D eigenvalue weighted by molar-refractivity contribution is 7.17. The zero-order chi connectivity index (χ0) is 13.5. The fraction of sp³-hybridized carbons (Fsp3) is 0.273. The Morgan fingerprint density at radius 2 is 2.11 bits per heavy atom. The summed E-state index contributed by atoms with van der Waals surface area (Å²) in [6.45, 7) is 1.36. The Balaban J connectivity index is 2.77. The van der Waals surface area contributed by atoms with Crippen molar-refractivity contribution in [3.63, 3.8) is 0 Å². The standard InChI is InChI=1S/C11H9F3N2OS/c1-5-3-16-8-6(10(17)15-2)4-18-9(8)7(5)11(12,13)14/h3-4H,1-2H3,(H,15,17). The van der Waals surface area contributed by atoms with Crippen LogP contribution in [0, 0.1) is 6.92 Å². The van der Waals surface area contributed by atoms with Crippen LogP contribution < -0.4 is 5.32 Å². The first-order valence-corrected chi connectivity index (χ1v) is 5.90. The number of alkyl halides is 3. The van der Waals surface area contributed by atoms with Gasteiger partial charge in [0, 0.05) is 18.6 Å². The highest BCUT2D eigenvalue weighted by Gasteiger charge is 2.36. The molecule has 1 amide bonds. The minimum atomic E-state index is -4.45. The fourth-order valence-electron chi connectivity index (χ4n) is 1.71. The van der Waals surface area contributed by atoms with Crippen molar-refractivity contribution in [3.8, 4) is 0 Å². The second kappa shape index (κ2) is 4.24. The number of amides is 1. The number of pyridine rings is 1. The molecule has 0 radical (unpaired) electrons. The Kier molecular flexibility index (Phi) is 3.02. The van der Waals surface area contributed by atoms with Crippen LogP contribution in [0.15, 0.2) is 11.6 Å². The second-order valence-electron chi connectivity index (χ2n) is 3.72. The number of rotatable bonds is 1. The van der Waals surface area contributed by atoms with E-state index in [9.17, 15) is 18.0 Å². The summed E-state index contributed by atoms with van der Waals surface area (Å²) in [5, 5.41) is 3.77. The molecule has 0 unspecified atom stereocenters. The maximum absolute atomic E-state index is 12.9. The molecule has 2 rings (SSSR count). The molecule has 2 aromatic rings. The van der Waals surface area contributed by atoms with Gasteiger partial charge in [0.15, 0.2) is 0 Å². The summed E-state index contributed by atoms with van der Waals surface area (Å²) >= 11 is 0.882. The number of aryl methyl sites for hydroxylation is 1. The summed E-state index contributed by atoms with van der Waals surface area (Å²) in [6, 6.07) is 0. The van der Waals surface area contributed by atoms with Crippen molar-refractivity contribution in [2.75, 3.05) is 7.05 Å². The van der Waals surface area contributed by atoms with E-state index in [0.29, 0.717) is 0 Å². The lowest BCUT2D eigenvalue weighted by molar-refractivity contribution is -0.136. The van der Waals surface area contributed by atoms with Crippen molar-refractivity contribution in [2.24, 2.45) is 0 Å². The fourth-order valence-corrected chi connectivity index (χ4v) is 2.83. The monoisotopic (exact) mass is 274 g/mol. The van der Waals surface area contributed by atoms with Gasteiger partial charge in [-0.1, -0.05) is 0 Å². The summed E-state index contributed by atoms with van der Waals surface area (Å²) in [7, 11) is 1.42. The lowest BCUT2D eigenvalue weighted by Gasteiger charge is -2.10. The van der Waals surface area contributed by atoms with Gasteiger partial charge >= 0.3 is 6.18 Å². The molecule has 0 bridgehead atoms. The molecule has 1 N–H and O–H groups in total. The average molecular weight is 274 g/mol. The predicted octanol–water partition coefficient (Wildman–Crippen LogP) is 2.98. The molecule has 0 aliphatic rings. The molecule has 2 heterocycles. The van der Waals surface area contributed by atoms with Gasteiger partial charge in [0.2, 0.25) is 0 Å². The van der Waals surface area contributed by atoms with Crippen LogP contribution in [0.4, 0.5) is 13.2 Å². The predicted molar refractivity (Wildman–Crippen MR) is 62.7 cm³/mol. The molecule has 0 atom stereocenters. The van der Waals surface area contributed by atoms with Crippen molar-refractivity contribution >= 4 is 27.5 Å². The van der Waals surface area contributed by atoms with Crippen molar-refractivity contribution in [3.05, 3.63) is 28.3 Å². The number of aromatic nitrogens is 1. The number of carbonyl (C=O) groups excluding carboxylic acids is 1. The van der Waals surface area contributed by atoms with Gasteiger partial charge in [-0.15, -0.1) is 11.3 Å². The second-order valence-corrected chi connectivity index (χ2v) is 4.60. The van der Waals surface area contributed by atoms with E-state index in [4.69, 9.17) is 0 Å². The van der Waals surface area contributed by atoms with E-state index in [2.05, 4.69) is 10.3 Å². The average Bonchev–Trinajstić information content (AvgIpc) is 2.69. The smallest absolute Gasteiger partial charge is 0.355 e. The van der Waals surface area contributed by atoms with Gasteiger partial charge in [-0.2, -0.15) is 13.2 Å². The molecule has 0 spiro atoms. The van der Waals surface area contributed by atoms with E-state index in [1.165, 1.54) is 19.4 Å². The minimum absolute atomic E-state index is 0.00102. The molecule has 2 aromatic heterocycles. The number of nitrogens with one attached hydrogen (secondary N) is 1. The van der Waals surface area contributed by atoms with E-state index in [1.54, 1.807) is 0 Å². The molecule has 0 fully saturated rings. The van der Waals surface area contributed by atoms with E-state index >= 15 is 0 Å². The molecule has 0 saturated heterocycles. The first-order valence-electron chi connectivity index (χ1n) is 5.02. The van der Waals surface area contributed by atoms with Crippen LogP contribution >= 0.6 is 11.3 Å². The Hall–Kier alpha value is -1.63. The minimum Gasteiger partial charge on any atom is -0.355 e. The molecule has 0 aromatic carbocycles. The Bertz CT molecular complexity index is 619. The maximum Gasteiger partial charge on any atom is 0.418 e. The lowest BCUT2D eigenvalue weighted by Crippen LogP contribution is -2.17. The third kappa shape index (κ3) is 1.94. The molecule has 96 valence electrons. The van der Waals surface area contributed by atoms with Gasteiger partial charge in [-0.3, -0.25) is 9.78 Å². The van der Waals surface area contributed by atoms with Crippen molar-refractivity contribution < 1.29 is 18.0 Å². The van der Waals surface area contributed by atoms with Crippen LogP contribution in [-0.4, -0.2) is 17.9 Å². The van der Waals surface area contributed by atoms with E-state index < -0.39 is 17.6 Å². The Morgan fingerprint density at radius 1 is 1.44 bits per heavy atom. The number of nitrogens with zero attached hydrogens (tertiary/aromatic N) is 1. The molecule has 3 nitrogen and oxygen atoms in total. The number of hydrogen-bond acceptors (Lipinski definition) is 3. The number of halogens is 3. The first kappa shape index (κ1) is 12.8. The summed E-state index contributed by atoms with van der Waals surface area (Å²) in [5.41, 5.74) is -0.395. The number of fused-ring (bicyclic) bond motifs is 1. The largest absolute Gasteiger partial charge is 0.418 e. The lowest BCUT2D eigenvalue weighted by atomic mass is 10.1. The topological polar surface area (TPSA) is 42.0 Å². The van der Waals surface area contributed by atoms with E-state index in [0.717, 1.165) is 17.5 Å². The summed E-state index contributed by atoms with van der Waals surface area (Å²) in [6.07, 6.45) is -3.31. The van der Waals surface area contributed by atoms with Crippen molar-refractivity contribution in [1.29, 1.82) is 0 Å². The highest BCUT2D eigenvalue weighted by Crippen LogP contribution is 2.39. The summed E-state index contributed by atoms with van der Waals surface area (Å²) in [4.78, 5) is 15.4. The van der Waals surface area contributed by atoms with Crippen LogP contribution in [-0.2, 0) is 6.18 Å². The van der Waals surface area contributed by atoms with Gasteiger partial charge in [-0.05, 0) is 12.5 Å². The van der Waals surface area contributed by atoms with Crippen LogP contribution in [0.5, 0.6) is 0 Å². The van der Waals surface area contributed by atoms with Crippen LogP contribution in [0.2, 0.25) is 0 Å². The van der Waals surface area contributed by atoms with Gasteiger partial charge < -0.3 is 5.32 Å². The van der Waals surface area contributed by atoms with E-state index in [1.807, 2.05) is 0 Å². The quantitative estimate of drug-likeness (QED) is 0.868. The summed E-state index contributed by atoms with van der Waals surface area (Å²) in [5.74, 6) is -0.439. The van der Waals surface area contributed by atoms with E-state index in [-0.39, 0.29) is 21.3 Å². The SMILES string of the molecule is CNC(=O)c1csc2c(C(F)(F)F)c(C)cnc12. The third-order valence-electron chi connectivity index (χ3n) is 2.53. The van der Waals surface area contributed by atoms with Crippen LogP contribution in [0.25, 0.3) is 10.2 Å². The van der Waals surface area contributed by atoms with Crippen LogP contribution in [0.1, 0.15) is 21.5 Å². The van der Waals surface area contributed by atoms with Crippen molar-refractivity contribution in [2.45, 2.75) is 13.1 Å². The molecule has 7 heteroatoms. The highest BCUT2D eigenvalue weighted by atomic mass is 32.1.